The van der Waals surface area contributed by atoms with Gasteiger partial charge in [0.05, 0.1) is 6.04 Å². The Hall–Kier alpha value is -2.17. The van der Waals surface area contributed by atoms with Gasteiger partial charge in [-0.05, 0) is 45.1 Å². The number of hydrogen-bond acceptors (Lipinski definition) is 4. The molecular formula is C19H32N3O4PRf. The first kappa shape index (κ1) is 22.1. The first-order valence-corrected chi connectivity index (χ1v) is 11.4. The van der Waals surface area contributed by atoms with Gasteiger partial charge in [-0.2, -0.15) is 0 Å². The number of hydrogen-bond donors (Lipinski definition) is 3. The van der Waals surface area contributed by atoms with E-state index in [2.05, 4.69) is 16.7 Å². The van der Waals surface area contributed by atoms with E-state index in [-0.39, 0.29) is 29.7 Å². The summed E-state index contributed by atoms with van der Waals surface area (Å²) in [6.07, 6.45) is 9.85. The Morgan fingerprint density at radius 2 is 2.07 bits per heavy atom. The minimum Gasteiger partial charge on any atom is -0.345 e. The zero-order valence-corrected chi connectivity index (χ0v) is 24.3. The minimum absolute atomic E-state index is 0. The third kappa shape index (κ3) is 4.29. The van der Waals surface area contributed by atoms with Crippen LogP contribution in [0.4, 0.5) is 0 Å². The molecule has 2 aliphatic heterocycles. The fourth-order valence-electron chi connectivity index (χ4n) is 4.44. The van der Waals surface area contributed by atoms with E-state index in [0.717, 1.165) is 32.1 Å². The topological polar surface area (TPSA) is 98.7 Å². The van der Waals surface area contributed by atoms with E-state index < -0.39 is 19.3 Å². The Morgan fingerprint density at radius 1 is 1.32 bits per heavy atom. The van der Waals surface area contributed by atoms with Gasteiger partial charge in [-0.3, -0.25) is 14.2 Å². The molecule has 154 valence electrons. The summed E-state index contributed by atoms with van der Waals surface area (Å²) in [7, 11) is -1.13. The molecule has 6 unspecified atom stereocenters. The van der Waals surface area contributed by atoms with Crippen LogP contribution in [0.5, 0.6) is 0 Å². The van der Waals surface area contributed by atoms with E-state index in [1.54, 1.807) is 11.9 Å². The Bertz CT molecular complexity index is 647. The van der Waals surface area contributed by atoms with Crippen molar-refractivity contribution in [2.45, 2.75) is 69.2 Å². The summed E-state index contributed by atoms with van der Waals surface area (Å²) in [5, 5.41) is 4.94. The Kier molecular flexibility index (Phi) is 7.02. The average molecular weight is 664 g/mol. The van der Waals surface area contributed by atoms with E-state index in [4.69, 9.17) is 0 Å². The third-order valence-electron chi connectivity index (χ3n) is 6.22. The molecule has 2 fully saturated rings. The molecule has 0 aromatic carbocycles. The summed E-state index contributed by atoms with van der Waals surface area (Å²) in [4.78, 5) is 37.6. The standard InChI is InChI=1S/C19H32N3O4P.Rf/c1-13-10-16-17(23)21-19(27(25)26)11-14(19)8-6-4-3-5-7-9-15(20-2)18(24)22(16)12-13;/h6,8,13-16,20,27H,3-5,7,9-12H2,1-2H3,(H,21,23)(H,25,26);/b8-6-;. The summed E-state index contributed by atoms with van der Waals surface area (Å²) < 4.78 is 12.0. The Morgan fingerprint density at radius 3 is 2.75 bits per heavy atom. The summed E-state index contributed by atoms with van der Waals surface area (Å²) in [6.45, 7) is 2.59. The average Bonchev–Trinajstić information content (AvgIpc) is 3.18. The molecule has 2 heterocycles. The van der Waals surface area contributed by atoms with Gasteiger partial charge in [-0.25, -0.2) is 0 Å². The van der Waals surface area contributed by atoms with Crippen molar-refractivity contribution in [1.29, 1.82) is 0 Å². The number of amides is 2. The largest absolute Gasteiger partial charge is 0.345 e. The monoisotopic (exact) mass is 664 g/mol. The number of carbonyl (C=O) groups excluding carboxylic acids is 2. The molecule has 0 bridgehead atoms. The number of nitrogens with zero attached hydrogens (tertiary/aromatic N) is 1. The van der Waals surface area contributed by atoms with Crippen LogP contribution in [0, 0.1) is 11.8 Å². The molecule has 9 heteroatoms. The second-order valence-electron chi connectivity index (χ2n) is 8.33. The molecular weight excluding hydrogens is 632 g/mol. The fourth-order valence-corrected chi connectivity index (χ4v) is 5.48. The van der Waals surface area contributed by atoms with E-state index >= 15 is 0 Å². The van der Waals surface area contributed by atoms with Gasteiger partial charge in [-0.1, -0.05) is 31.9 Å². The molecule has 0 radical (unpaired) electrons. The molecule has 3 aliphatic rings. The Labute approximate surface area is 161 Å². The van der Waals surface area contributed by atoms with E-state index in [0.29, 0.717) is 19.4 Å². The van der Waals surface area contributed by atoms with Crippen LogP contribution in [-0.4, -0.2) is 52.6 Å². The second kappa shape index (κ2) is 8.89. The minimum atomic E-state index is -2.92. The van der Waals surface area contributed by atoms with Crippen LogP contribution in [-0.2, 0) is 14.2 Å². The van der Waals surface area contributed by atoms with Gasteiger partial charge < -0.3 is 20.4 Å². The number of rotatable bonds is 2. The molecule has 3 N–H and O–H groups in total. The molecule has 2 amide bonds. The van der Waals surface area contributed by atoms with Gasteiger partial charge in [0.25, 0.3) is 0 Å². The molecule has 0 spiro atoms. The predicted octanol–water partition coefficient (Wildman–Crippen LogP) is 1.63. The number of nitrogens with one attached hydrogen (secondary N) is 2. The van der Waals surface area contributed by atoms with Crippen molar-refractivity contribution in [3.63, 3.8) is 0 Å². The number of fused-ring (bicyclic) bond motifs is 2. The van der Waals surface area contributed by atoms with Gasteiger partial charge >= 0.3 is 0 Å². The summed E-state index contributed by atoms with van der Waals surface area (Å²) >= 11 is 0. The first-order chi connectivity index (χ1) is 12.9. The molecule has 3 rings (SSSR count). The van der Waals surface area contributed by atoms with Crippen molar-refractivity contribution in [1.82, 2.24) is 15.5 Å². The van der Waals surface area contributed by atoms with Gasteiger partial charge in [-0.15, -0.1) is 0 Å². The van der Waals surface area contributed by atoms with Crippen molar-refractivity contribution >= 4 is 19.8 Å². The van der Waals surface area contributed by atoms with Crippen LogP contribution in [0.3, 0.4) is 0 Å². The van der Waals surface area contributed by atoms with Crippen molar-refractivity contribution in [2.24, 2.45) is 11.8 Å². The van der Waals surface area contributed by atoms with Crippen LogP contribution in [0.1, 0.15) is 51.9 Å². The smallest absolute Gasteiger partial charge is 0.243 e. The number of allylic oxidation sites excluding steroid dienone is 1. The van der Waals surface area contributed by atoms with Gasteiger partial charge in [0, 0.05) is 12.5 Å². The van der Waals surface area contributed by atoms with Crippen LogP contribution in [0.2, 0.25) is 0 Å². The second-order valence-corrected chi connectivity index (χ2v) is 9.83. The Balaban J connectivity index is 0.00000280. The summed E-state index contributed by atoms with van der Waals surface area (Å²) in [6, 6.07) is -0.845. The van der Waals surface area contributed by atoms with Crippen LogP contribution < -0.4 is 10.6 Å². The molecule has 7 nitrogen and oxygen atoms in total. The van der Waals surface area contributed by atoms with E-state index in [1.807, 2.05) is 13.0 Å². The molecule has 6 atom stereocenters. The fraction of sp³-hybridized carbons (Fsp3) is 0.789. The third-order valence-corrected chi connectivity index (χ3v) is 7.68. The van der Waals surface area contributed by atoms with Gasteiger partial charge in [0.15, 0.2) is 0 Å². The van der Waals surface area contributed by atoms with Crippen molar-refractivity contribution in [2.75, 3.05) is 13.6 Å². The molecule has 0 aromatic rings. The molecule has 1 saturated heterocycles. The van der Waals surface area contributed by atoms with Crippen molar-refractivity contribution in [3.8, 4) is 0 Å². The number of carbonyl (C=O) groups is 2. The summed E-state index contributed by atoms with van der Waals surface area (Å²) in [5.41, 5.74) is 0. The quantitative estimate of drug-likeness (QED) is 0.308. The van der Waals surface area contributed by atoms with Gasteiger partial charge in [0.1, 0.15) is 11.3 Å². The maximum absolute atomic E-state index is 13.1. The molecule has 1 saturated carbocycles. The van der Waals surface area contributed by atoms with Crippen LogP contribution >= 0.6 is 8.03 Å². The molecule has 28 heavy (non-hydrogen) atoms. The molecule has 1 aliphatic carbocycles. The van der Waals surface area contributed by atoms with Crippen LogP contribution in [0.15, 0.2) is 12.2 Å². The number of likely N-dealkylation sites (N-methyl/N-ethyl adjacent to an activating group) is 1. The van der Waals surface area contributed by atoms with Crippen molar-refractivity contribution in [3.05, 3.63) is 12.2 Å². The van der Waals surface area contributed by atoms with Crippen molar-refractivity contribution < 1.29 is 19.0 Å². The zero-order chi connectivity index (χ0) is 19.6. The molecule has 0 aromatic heterocycles. The first-order valence-electron chi connectivity index (χ1n) is 10.1. The SMILES string of the molecule is CNC1CCCCC/C=C\C2CC2([PH](=O)O)NC(=O)C2CC(C)CN2C1=O.[Rf]. The summed E-state index contributed by atoms with van der Waals surface area (Å²) in [5.74, 6) is -0.178. The van der Waals surface area contributed by atoms with Gasteiger partial charge in [0.2, 0.25) is 19.8 Å². The maximum Gasteiger partial charge on any atom is 0.243 e. The van der Waals surface area contributed by atoms with E-state index in [9.17, 15) is 19.0 Å². The zero-order valence-electron chi connectivity index (χ0n) is 16.9. The predicted molar refractivity (Wildman–Crippen MR) is 105 cm³/mol. The van der Waals surface area contributed by atoms with E-state index in [1.165, 1.54) is 0 Å². The maximum atomic E-state index is 13.1. The van der Waals surface area contributed by atoms with Crippen LogP contribution in [0.25, 0.3) is 0 Å². The normalized spacial score (nSPS) is 38.8.